The third kappa shape index (κ3) is 3.28. The van der Waals surface area contributed by atoms with Gasteiger partial charge in [-0.05, 0) is 31.9 Å². The zero-order valence-electron chi connectivity index (χ0n) is 11.3. The van der Waals surface area contributed by atoms with Crippen LogP contribution in [0.1, 0.15) is 37.4 Å². The third-order valence-electron chi connectivity index (χ3n) is 3.15. The van der Waals surface area contributed by atoms with E-state index in [1.165, 1.54) is 12.1 Å². The summed E-state index contributed by atoms with van der Waals surface area (Å²) in [5, 5.41) is -0.262. The molecule has 1 aromatic heterocycles. The first kappa shape index (κ1) is 14.8. The van der Waals surface area contributed by atoms with E-state index < -0.39 is 0 Å². The van der Waals surface area contributed by atoms with Crippen LogP contribution in [0.15, 0.2) is 18.2 Å². The van der Waals surface area contributed by atoms with Gasteiger partial charge in [-0.1, -0.05) is 0 Å². The van der Waals surface area contributed by atoms with Gasteiger partial charge < -0.3 is 10.3 Å². The Bertz CT molecular complexity index is 624. The van der Waals surface area contributed by atoms with Crippen molar-refractivity contribution in [3.05, 3.63) is 29.8 Å². The number of unbranched alkanes of at least 4 members (excludes halogenated alkanes) is 1. The number of amides is 1. The van der Waals surface area contributed by atoms with E-state index in [1.807, 2.05) is 11.5 Å². The minimum absolute atomic E-state index is 0.262. The molecule has 2 rings (SSSR count). The first-order valence-electron chi connectivity index (χ1n) is 6.57. The molecule has 0 aliphatic heterocycles. The Morgan fingerprint density at radius 1 is 1.50 bits per heavy atom. The first-order valence-corrected chi connectivity index (χ1v) is 7.00. The van der Waals surface area contributed by atoms with Crippen molar-refractivity contribution in [2.45, 2.75) is 38.1 Å². The normalized spacial score (nSPS) is 12.8. The van der Waals surface area contributed by atoms with Crippen LogP contribution in [-0.2, 0) is 11.3 Å². The second-order valence-corrected chi connectivity index (χ2v) is 5.45. The second kappa shape index (κ2) is 6.22. The fraction of sp³-hybridized carbons (Fsp3) is 0.429. The summed E-state index contributed by atoms with van der Waals surface area (Å²) < 4.78 is 15.2. The van der Waals surface area contributed by atoms with Gasteiger partial charge in [0.15, 0.2) is 0 Å². The Morgan fingerprint density at radius 3 is 2.90 bits per heavy atom. The minimum atomic E-state index is -0.315. The Labute approximate surface area is 121 Å². The predicted molar refractivity (Wildman–Crippen MR) is 77.0 cm³/mol. The summed E-state index contributed by atoms with van der Waals surface area (Å²) in [7, 11) is 0. The van der Waals surface area contributed by atoms with E-state index in [4.69, 9.17) is 17.3 Å². The molecule has 0 aliphatic carbocycles. The molecular formula is C14H17ClFN3O. The van der Waals surface area contributed by atoms with Gasteiger partial charge in [0, 0.05) is 19.0 Å². The maximum Gasteiger partial charge on any atom is 0.217 e. The zero-order valence-corrected chi connectivity index (χ0v) is 12.0. The van der Waals surface area contributed by atoms with Crippen LogP contribution in [0.25, 0.3) is 11.0 Å². The van der Waals surface area contributed by atoms with Crippen LogP contribution >= 0.6 is 11.6 Å². The van der Waals surface area contributed by atoms with Crippen LogP contribution < -0.4 is 5.73 Å². The lowest BCUT2D eigenvalue weighted by molar-refractivity contribution is -0.118. The summed E-state index contributed by atoms with van der Waals surface area (Å²) in [4.78, 5) is 15.1. The molecule has 2 N–H and O–H groups in total. The average molecular weight is 298 g/mol. The molecule has 108 valence electrons. The van der Waals surface area contributed by atoms with E-state index >= 15 is 0 Å². The quantitative estimate of drug-likeness (QED) is 0.658. The SMILES string of the molecule is CC(Cl)c1nc2cc(F)ccc2n1CCCCC(N)=O. The Hall–Kier alpha value is -1.62. The van der Waals surface area contributed by atoms with Crippen LogP contribution in [-0.4, -0.2) is 15.5 Å². The molecule has 0 aliphatic rings. The molecule has 0 spiro atoms. The number of aromatic nitrogens is 2. The van der Waals surface area contributed by atoms with Gasteiger partial charge >= 0.3 is 0 Å². The highest BCUT2D eigenvalue weighted by atomic mass is 35.5. The largest absolute Gasteiger partial charge is 0.370 e. The van der Waals surface area contributed by atoms with Crippen molar-refractivity contribution in [3.8, 4) is 0 Å². The topological polar surface area (TPSA) is 60.9 Å². The van der Waals surface area contributed by atoms with Gasteiger partial charge in [0.1, 0.15) is 11.6 Å². The molecule has 0 bridgehead atoms. The second-order valence-electron chi connectivity index (χ2n) is 4.79. The Balaban J connectivity index is 2.24. The highest BCUT2D eigenvalue weighted by molar-refractivity contribution is 6.20. The summed E-state index contributed by atoms with van der Waals surface area (Å²) in [6.07, 6.45) is 1.88. The van der Waals surface area contributed by atoms with Gasteiger partial charge in [-0.3, -0.25) is 4.79 Å². The van der Waals surface area contributed by atoms with E-state index in [0.717, 1.165) is 11.9 Å². The molecule has 20 heavy (non-hydrogen) atoms. The smallest absolute Gasteiger partial charge is 0.217 e. The van der Waals surface area contributed by atoms with Crippen molar-refractivity contribution >= 4 is 28.5 Å². The van der Waals surface area contributed by atoms with E-state index in [9.17, 15) is 9.18 Å². The lowest BCUT2D eigenvalue weighted by Crippen LogP contribution is -2.11. The van der Waals surface area contributed by atoms with E-state index in [1.54, 1.807) is 6.07 Å². The van der Waals surface area contributed by atoms with Gasteiger partial charge in [-0.15, -0.1) is 11.6 Å². The fourth-order valence-electron chi connectivity index (χ4n) is 2.23. The number of primary amides is 1. The molecule has 2 aromatic rings. The molecule has 1 atom stereocenters. The minimum Gasteiger partial charge on any atom is -0.370 e. The highest BCUT2D eigenvalue weighted by Gasteiger charge is 2.15. The summed E-state index contributed by atoms with van der Waals surface area (Å²) in [5.41, 5.74) is 6.57. The average Bonchev–Trinajstić information content (AvgIpc) is 2.72. The van der Waals surface area contributed by atoms with Crippen molar-refractivity contribution in [3.63, 3.8) is 0 Å². The monoisotopic (exact) mass is 297 g/mol. The van der Waals surface area contributed by atoms with Gasteiger partial charge in [0.25, 0.3) is 0 Å². The third-order valence-corrected chi connectivity index (χ3v) is 3.35. The van der Waals surface area contributed by atoms with Crippen molar-refractivity contribution in [1.29, 1.82) is 0 Å². The molecule has 4 nitrogen and oxygen atoms in total. The number of halogens is 2. The van der Waals surface area contributed by atoms with Crippen LogP contribution in [0.4, 0.5) is 4.39 Å². The molecular weight excluding hydrogens is 281 g/mol. The molecule has 1 heterocycles. The lowest BCUT2D eigenvalue weighted by atomic mass is 10.2. The number of nitrogens with two attached hydrogens (primary N) is 1. The summed E-state index contributed by atoms with van der Waals surface area (Å²) >= 11 is 6.13. The molecule has 0 saturated heterocycles. The summed E-state index contributed by atoms with van der Waals surface area (Å²) in [6.45, 7) is 2.51. The number of carbonyl (C=O) groups excluding carboxylic acids is 1. The maximum absolute atomic E-state index is 13.2. The molecule has 6 heteroatoms. The zero-order chi connectivity index (χ0) is 14.7. The molecule has 0 saturated carbocycles. The van der Waals surface area contributed by atoms with Gasteiger partial charge in [0.2, 0.25) is 5.91 Å². The number of imidazole rings is 1. The van der Waals surface area contributed by atoms with E-state index in [-0.39, 0.29) is 17.1 Å². The molecule has 0 fully saturated rings. The molecule has 1 amide bonds. The predicted octanol–water partition coefficient (Wildman–Crippen LogP) is 3.13. The fourth-order valence-corrected chi connectivity index (χ4v) is 2.40. The number of aryl methyl sites for hydroxylation is 1. The summed E-state index contributed by atoms with van der Waals surface area (Å²) in [6, 6.07) is 4.51. The van der Waals surface area contributed by atoms with Crippen molar-refractivity contribution in [1.82, 2.24) is 9.55 Å². The lowest BCUT2D eigenvalue weighted by Gasteiger charge is -2.10. The summed E-state index contributed by atoms with van der Waals surface area (Å²) in [5.74, 6) is 0.101. The maximum atomic E-state index is 13.2. The van der Waals surface area contributed by atoms with Gasteiger partial charge in [-0.25, -0.2) is 9.37 Å². The number of hydrogen-bond acceptors (Lipinski definition) is 2. The van der Waals surface area contributed by atoms with Crippen molar-refractivity contribution in [2.75, 3.05) is 0 Å². The van der Waals surface area contributed by atoms with Gasteiger partial charge in [-0.2, -0.15) is 0 Å². The Morgan fingerprint density at radius 2 is 2.25 bits per heavy atom. The van der Waals surface area contributed by atoms with E-state index in [2.05, 4.69) is 4.98 Å². The number of carbonyl (C=O) groups is 1. The number of alkyl halides is 1. The first-order chi connectivity index (χ1) is 9.49. The van der Waals surface area contributed by atoms with Crippen molar-refractivity contribution < 1.29 is 9.18 Å². The standard InChI is InChI=1S/C14H17ClFN3O/c1-9(15)14-18-11-8-10(16)5-6-12(11)19(14)7-3-2-4-13(17)20/h5-6,8-9H,2-4,7H2,1H3,(H2,17,20). The van der Waals surface area contributed by atoms with Crippen LogP contribution in [0.5, 0.6) is 0 Å². The number of rotatable bonds is 6. The van der Waals surface area contributed by atoms with Crippen LogP contribution in [0.3, 0.4) is 0 Å². The van der Waals surface area contributed by atoms with Crippen molar-refractivity contribution in [2.24, 2.45) is 5.73 Å². The number of nitrogens with zero attached hydrogens (tertiary/aromatic N) is 2. The molecule has 0 radical (unpaired) electrons. The van der Waals surface area contributed by atoms with E-state index in [0.29, 0.717) is 30.7 Å². The number of hydrogen-bond donors (Lipinski definition) is 1. The number of benzene rings is 1. The number of fused-ring (bicyclic) bond motifs is 1. The molecule has 1 unspecified atom stereocenters. The van der Waals surface area contributed by atoms with Crippen LogP contribution in [0, 0.1) is 5.82 Å². The Kier molecular flexibility index (Phi) is 4.60. The van der Waals surface area contributed by atoms with Crippen LogP contribution in [0.2, 0.25) is 0 Å². The molecule has 1 aromatic carbocycles. The van der Waals surface area contributed by atoms with Gasteiger partial charge in [0.05, 0.1) is 16.4 Å². The highest BCUT2D eigenvalue weighted by Crippen LogP contribution is 2.25.